The van der Waals surface area contributed by atoms with Crippen LogP contribution in [0, 0.1) is 8.34 Å². The van der Waals surface area contributed by atoms with E-state index in [4.69, 9.17) is 17.0 Å². The molecule has 5 nitrogen and oxygen atoms in total. The van der Waals surface area contributed by atoms with Crippen molar-refractivity contribution in [2.45, 2.75) is 20.0 Å². The molecule has 3 aromatic rings. The van der Waals surface area contributed by atoms with Gasteiger partial charge in [-0.1, -0.05) is 0 Å². The van der Waals surface area contributed by atoms with Crippen molar-refractivity contribution in [1.29, 1.82) is 0 Å². The maximum absolute atomic E-state index is 12.8. The lowest BCUT2D eigenvalue weighted by Gasteiger charge is -2.10. The average molecular weight is 466 g/mol. The minimum absolute atomic E-state index is 0.0426. The fourth-order valence-corrected chi connectivity index (χ4v) is 3.21. The van der Waals surface area contributed by atoms with E-state index in [2.05, 4.69) is 27.6 Å². The second-order valence-electron chi connectivity index (χ2n) is 5.76. The summed E-state index contributed by atoms with van der Waals surface area (Å²) < 4.78 is 7.54. The molecular formula is C18H15IN2O3S. The van der Waals surface area contributed by atoms with E-state index in [9.17, 15) is 9.59 Å². The monoisotopic (exact) mass is 466 g/mol. The first kappa shape index (κ1) is 17.8. The smallest absolute Gasteiger partial charge is 0.269 e. The second kappa shape index (κ2) is 7.09. The van der Waals surface area contributed by atoms with Gasteiger partial charge in [0.15, 0.2) is 4.77 Å². The van der Waals surface area contributed by atoms with Crippen molar-refractivity contribution in [2.75, 3.05) is 0 Å². The molecule has 0 radical (unpaired) electrons. The van der Waals surface area contributed by atoms with E-state index < -0.39 is 11.5 Å². The zero-order valence-electron chi connectivity index (χ0n) is 13.6. The van der Waals surface area contributed by atoms with E-state index in [1.165, 1.54) is 0 Å². The lowest BCUT2D eigenvalue weighted by atomic mass is 10.2. The van der Waals surface area contributed by atoms with Crippen molar-refractivity contribution in [3.63, 3.8) is 0 Å². The topological polar surface area (TPSA) is 64.1 Å². The molecule has 0 amide bonds. The van der Waals surface area contributed by atoms with Crippen molar-refractivity contribution in [1.82, 2.24) is 9.55 Å². The van der Waals surface area contributed by atoms with Crippen molar-refractivity contribution in [2.24, 2.45) is 0 Å². The van der Waals surface area contributed by atoms with Crippen LogP contribution in [0.15, 0.2) is 47.3 Å². The molecule has 2 aromatic carbocycles. The standard InChI is InChI=1S/C18H15IN2O3S/c1-10(2)24-13-6-3-11(4-7-13)16(22)21-17(23)14-9-12(19)5-8-15(14)20-18(21)25/h3-10H,1-2H3,(H,20,25). The predicted molar refractivity (Wildman–Crippen MR) is 108 cm³/mol. The predicted octanol–water partition coefficient (Wildman–Crippen LogP) is 4.14. The van der Waals surface area contributed by atoms with Gasteiger partial charge in [-0.05, 0) is 91.1 Å². The quantitative estimate of drug-likeness (QED) is 0.466. The summed E-state index contributed by atoms with van der Waals surface area (Å²) in [5.74, 6) is 0.195. The number of aromatic nitrogens is 2. The molecule has 0 unspecified atom stereocenters. The van der Waals surface area contributed by atoms with Crippen LogP contribution in [0.4, 0.5) is 0 Å². The van der Waals surface area contributed by atoms with Gasteiger partial charge in [-0.2, -0.15) is 0 Å². The number of rotatable bonds is 3. The van der Waals surface area contributed by atoms with E-state index in [1.54, 1.807) is 36.4 Å². The number of halogens is 1. The van der Waals surface area contributed by atoms with Crippen LogP contribution in [-0.4, -0.2) is 21.6 Å². The molecule has 0 fully saturated rings. The molecule has 0 atom stereocenters. The van der Waals surface area contributed by atoms with Gasteiger partial charge >= 0.3 is 0 Å². The molecule has 0 aliphatic rings. The highest BCUT2D eigenvalue weighted by molar-refractivity contribution is 14.1. The van der Waals surface area contributed by atoms with Crippen LogP contribution in [0.2, 0.25) is 0 Å². The van der Waals surface area contributed by atoms with Crippen LogP contribution >= 0.6 is 34.8 Å². The third kappa shape index (κ3) is 3.67. The Hall–Kier alpha value is -2.00. The molecule has 1 aromatic heterocycles. The van der Waals surface area contributed by atoms with Crippen LogP contribution in [0.3, 0.4) is 0 Å². The lowest BCUT2D eigenvalue weighted by Crippen LogP contribution is -2.29. The van der Waals surface area contributed by atoms with E-state index in [0.717, 1.165) is 8.14 Å². The minimum Gasteiger partial charge on any atom is -0.491 e. The van der Waals surface area contributed by atoms with Crippen LogP contribution in [0.25, 0.3) is 10.9 Å². The number of fused-ring (bicyclic) bond motifs is 1. The SMILES string of the molecule is CC(C)Oc1ccc(C(=O)n2c(=S)[nH]c3ccc(I)cc3c2=O)cc1. The summed E-state index contributed by atoms with van der Waals surface area (Å²) in [6.07, 6.45) is 0.0426. The van der Waals surface area contributed by atoms with E-state index in [1.807, 2.05) is 19.9 Å². The van der Waals surface area contributed by atoms with Crippen LogP contribution in [-0.2, 0) is 0 Å². The third-order valence-electron chi connectivity index (χ3n) is 3.54. The summed E-state index contributed by atoms with van der Waals surface area (Å²) in [5, 5.41) is 0.425. The number of ether oxygens (including phenoxy) is 1. The van der Waals surface area contributed by atoms with Crippen LogP contribution in [0.5, 0.6) is 5.75 Å². The number of aromatic amines is 1. The molecule has 0 aliphatic heterocycles. The zero-order chi connectivity index (χ0) is 18.1. The third-order valence-corrected chi connectivity index (χ3v) is 4.49. The van der Waals surface area contributed by atoms with Gasteiger partial charge in [0.25, 0.3) is 11.5 Å². The van der Waals surface area contributed by atoms with Gasteiger partial charge in [0, 0.05) is 9.13 Å². The molecule has 0 saturated carbocycles. The van der Waals surface area contributed by atoms with Gasteiger partial charge < -0.3 is 9.72 Å². The Balaban J connectivity index is 2.08. The largest absolute Gasteiger partial charge is 0.491 e. The van der Waals surface area contributed by atoms with E-state index in [0.29, 0.717) is 22.2 Å². The van der Waals surface area contributed by atoms with Crippen molar-refractivity contribution < 1.29 is 9.53 Å². The first-order valence-corrected chi connectivity index (χ1v) is 9.11. The fraction of sp³-hybridized carbons (Fsp3) is 0.167. The van der Waals surface area contributed by atoms with Gasteiger partial charge in [-0.25, -0.2) is 4.57 Å². The molecule has 1 N–H and O–H groups in total. The lowest BCUT2D eigenvalue weighted by molar-refractivity contribution is 0.0953. The number of nitrogens with one attached hydrogen (secondary N) is 1. The Kier molecular flexibility index (Phi) is 5.05. The molecular weight excluding hydrogens is 451 g/mol. The average Bonchev–Trinajstić information content (AvgIpc) is 2.56. The Labute approximate surface area is 162 Å². The normalized spacial score (nSPS) is 11.0. The summed E-state index contributed by atoms with van der Waals surface area (Å²) in [6.45, 7) is 3.85. The number of nitrogens with zero attached hydrogens (tertiary/aromatic N) is 1. The van der Waals surface area contributed by atoms with Gasteiger partial charge in [-0.3, -0.25) is 9.59 Å². The summed E-state index contributed by atoms with van der Waals surface area (Å²) in [5.41, 5.74) is 0.549. The summed E-state index contributed by atoms with van der Waals surface area (Å²) in [4.78, 5) is 28.5. The summed E-state index contributed by atoms with van der Waals surface area (Å²) in [7, 11) is 0. The Bertz CT molecular complexity index is 1070. The Morgan fingerprint density at radius 2 is 1.88 bits per heavy atom. The Morgan fingerprint density at radius 1 is 1.20 bits per heavy atom. The maximum Gasteiger partial charge on any atom is 0.269 e. The minimum atomic E-state index is -0.469. The van der Waals surface area contributed by atoms with Crippen LogP contribution in [0.1, 0.15) is 24.2 Å². The fourth-order valence-electron chi connectivity index (χ4n) is 2.45. The first-order chi connectivity index (χ1) is 11.9. The highest BCUT2D eigenvalue weighted by Crippen LogP contribution is 2.16. The molecule has 0 aliphatic carbocycles. The second-order valence-corrected chi connectivity index (χ2v) is 7.39. The van der Waals surface area contributed by atoms with Crippen molar-refractivity contribution in [3.05, 3.63) is 66.7 Å². The van der Waals surface area contributed by atoms with Crippen LogP contribution < -0.4 is 10.3 Å². The molecule has 0 bridgehead atoms. The molecule has 128 valence electrons. The number of H-pyrrole nitrogens is 1. The van der Waals surface area contributed by atoms with Gasteiger partial charge in [0.05, 0.1) is 17.0 Å². The zero-order valence-corrected chi connectivity index (χ0v) is 16.6. The molecule has 7 heteroatoms. The Morgan fingerprint density at radius 3 is 2.52 bits per heavy atom. The first-order valence-electron chi connectivity index (χ1n) is 7.63. The highest BCUT2D eigenvalue weighted by atomic mass is 127. The maximum atomic E-state index is 12.8. The summed E-state index contributed by atoms with van der Waals surface area (Å²) >= 11 is 7.34. The molecule has 0 spiro atoms. The number of carbonyl (C=O) groups excluding carboxylic acids is 1. The van der Waals surface area contributed by atoms with E-state index >= 15 is 0 Å². The van der Waals surface area contributed by atoms with Crippen molar-refractivity contribution in [3.8, 4) is 5.75 Å². The highest BCUT2D eigenvalue weighted by Gasteiger charge is 2.15. The number of benzene rings is 2. The van der Waals surface area contributed by atoms with E-state index in [-0.39, 0.29) is 10.9 Å². The number of carbonyl (C=O) groups is 1. The number of hydrogen-bond acceptors (Lipinski definition) is 4. The molecule has 1 heterocycles. The molecule has 0 saturated heterocycles. The molecule has 3 rings (SSSR count). The van der Waals surface area contributed by atoms with Crippen molar-refractivity contribution >= 4 is 51.6 Å². The van der Waals surface area contributed by atoms with Gasteiger partial charge in [0.1, 0.15) is 5.75 Å². The summed E-state index contributed by atoms with van der Waals surface area (Å²) in [6, 6.07) is 12.0. The number of hydrogen-bond donors (Lipinski definition) is 1. The van der Waals surface area contributed by atoms with Gasteiger partial charge in [0.2, 0.25) is 0 Å². The van der Waals surface area contributed by atoms with Gasteiger partial charge in [-0.15, -0.1) is 0 Å². The molecule has 25 heavy (non-hydrogen) atoms.